The lowest BCUT2D eigenvalue weighted by Crippen LogP contribution is -1.93. The van der Waals surface area contributed by atoms with Gasteiger partial charge in [0.05, 0.1) is 22.7 Å². The molecule has 0 N–H and O–H groups in total. The maximum atomic E-state index is 5.14. The Morgan fingerprint density at radius 1 is 0.571 bits per heavy atom. The van der Waals surface area contributed by atoms with Crippen molar-refractivity contribution in [3.63, 3.8) is 0 Å². The molecular formula is C31H18N4. The Balaban J connectivity index is 1.33. The van der Waals surface area contributed by atoms with Crippen LogP contribution < -0.4 is 0 Å². The molecule has 0 saturated carbocycles. The van der Waals surface area contributed by atoms with Crippen molar-refractivity contribution in [1.82, 2.24) is 19.4 Å². The zero-order valence-electron chi connectivity index (χ0n) is 18.8. The smallest absolute Gasteiger partial charge is 0.147 e. The monoisotopic (exact) mass is 446 g/mol. The van der Waals surface area contributed by atoms with Gasteiger partial charge in [-0.25, -0.2) is 4.98 Å². The Morgan fingerprint density at radius 3 is 2.20 bits per heavy atom. The number of benzene rings is 3. The quantitative estimate of drug-likeness (QED) is 0.243. The first-order chi connectivity index (χ1) is 17.3. The summed E-state index contributed by atoms with van der Waals surface area (Å²) in [7, 11) is 0. The summed E-state index contributed by atoms with van der Waals surface area (Å²) in [5, 5.41) is 3.40. The van der Waals surface area contributed by atoms with Gasteiger partial charge in [-0.2, -0.15) is 0 Å². The van der Waals surface area contributed by atoms with E-state index in [1.54, 1.807) is 0 Å². The molecule has 4 aromatic heterocycles. The number of aromatic nitrogens is 4. The van der Waals surface area contributed by atoms with E-state index in [-0.39, 0.29) is 0 Å². The van der Waals surface area contributed by atoms with Crippen LogP contribution in [-0.4, -0.2) is 19.4 Å². The third kappa shape index (κ3) is 2.20. The summed E-state index contributed by atoms with van der Waals surface area (Å²) in [5.41, 5.74) is 15.3. The highest BCUT2D eigenvalue weighted by Crippen LogP contribution is 2.46. The number of hydrogen-bond acceptors (Lipinski definition) is 3. The van der Waals surface area contributed by atoms with Crippen LogP contribution in [0.5, 0.6) is 0 Å². The molecule has 9 rings (SSSR count). The zero-order valence-corrected chi connectivity index (χ0v) is 18.8. The molecule has 0 atom stereocenters. The van der Waals surface area contributed by atoms with Gasteiger partial charge < -0.3 is 0 Å². The van der Waals surface area contributed by atoms with E-state index < -0.39 is 0 Å². The number of hydrogen-bond donors (Lipinski definition) is 0. The highest BCUT2D eigenvalue weighted by atomic mass is 15.0. The predicted molar refractivity (Wildman–Crippen MR) is 140 cm³/mol. The molecule has 2 aliphatic carbocycles. The van der Waals surface area contributed by atoms with Crippen molar-refractivity contribution in [2.75, 3.05) is 0 Å². The van der Waals surface area contributed by atoms with Crippen molar-refractivity contribution < 1.29 is 0 Å². The molecule has 0 spiro atoms. The molecule has 4 heterocycles. The molecule has 0 aliphatic heterocycles. The summed E-state index contributed by atoms with van der Waals surface area (Å²) in [6, 6.07) is 22.5. The molecule has 0 amide bonds. The highest BCUT2D eigenvalue weighted by molar-refractivity contribution is 6.13. The van der Waals surface area contributed by atoms with Gasteiger partial charge in [-0.05, 0) is 99.1 Å². The third-order valence-electron chi connectivity index (χ3n) is 7.96. The van der Waals surface area contributed by atoms with Gasteiger partial charge in [-0.3, -0.25) is 14.4 Å². The predicted octanol–water partition coefficient (Wildman–Crippen LogP) is 6.73. The van der Waals surface area contributed by atoms with Gasteiger partial charge in [0, 0.05) is 29.4 Å². The van der Waals surface area contributed by atoms with Crippen molar-refractivity contribution in [3.8, 4) is 22.3 Å². The Hall–Kier alpha value is -4.57. The molecule has 0 saturated heterocycles. The lowest BCUT2D eigenvalue weighted by atomic mass is 9.98. The second-order valence-corrected chi connectivity index (χ2v) is 9.76. The largest absolute Gasteiger partial charge is 0.290 e. The zero-order chi connectivity index (χ0) is 22.7. The van der Waals surface area contributed by atoms with Gasteiger partial charge in [0.1, 0.15) is 5.65 Å². The van der Waals surface area contributed by atoms with Gasteiger partial charge in [0.25, 0.3) is 0 Å². The minimum atomic E-state index is 0.942. The number of pyridine rings is 3. The summed E-state index contributed by atoms with van der Waals surface area (Å²) >= 11 is 0. The second-order valence-electron chi connectivity index (χ2n) is 9.76. The molecule has 0 unspecified atom stereocenters. The second kappa shape index (κ2) is 6.10. The summed E-state index contributed by atoms with van der Waals surface area (Å²) in [5.74, 6) is 0. The Morgan fingerprint density at radius 2 is 1.29 bits per heavy atom. The maximum absolute atomic E-state index is 5.14. The van der Waals surface area contributed by atoms with Crippen LogP contribution in [0.25, 0.3) is 60.6 Å². The fourth-order valence-corrected chi connectivity index (χ4v) is 6.42. The van der Waals surface area contributed by atoms with E-state index in [0.717, 1.165) is 45.8 Å². The van der Waals surface area contributed by atoms with E-state index in [1.165, 1.54) is 49.9 Å². The Labute approximate surface area is 200 Å². The van der Waals surface area contributed by atoms with Crippen molar-refractivity contribution in [3.05, 3.63) is 108 Å². The van der Waals surface area contributed by atoms with E-state index in [4.69, 9.17) is 4.98 Å². The maximum Gasteiger partial charge on any atom is 0.147 e. The van der Waals surface area contributed by atoms with Crippen LogP contribution in [-0.2, 0) is 12.8 Å². The van der Waals surface area contributed by atoms with Crippen molar-refractivity contribution >= 4 is 38.4 Å². The number of imidazole rings is 1. The van der Waals surface area contributed by atoms with Crippen molar-refractivity contribution in [1.29, 1.82) is 0 Å². The highest BCUT2D eigenvalue weighted by Gasteiger charge is 2.26. The van der Waals surface area contributed by atoms with E-state index in [9.17, 15) is 0 Å². The van der Waals surface area contributed by atoms with Crippen LogP contribution in [0.3, 0.4) is 0 Å². The van der Waals surface area contributed by atoms with Gasteiger partial charge in [0.2, 0.25) is 0 Å². The molecule has 7 aromatic rings. The Kier molecular flexibility index (Phi) is 3.11. The summed E-state index contributed by atoms with van der Waals surface area (Å²) in [6.07, 6.45) is 9.56. The van der Waals surface area contributed by atoms with Crippen LogP contribution in [0.2, 0.25) is 0 Å². The average Bonchev–Trinajstić information content (AvgIpc) is 3.57. The van der Waals surface area contributed by atoms with Gasteiger partial charge >= 0.3 is 0 Å². The van der Waals surface area contributed by atoms with Crippen LogP contribution in [0.15, 0.2) is 85.5 Å². The molecule has 0 bridgehead atoms. The number of rotatable bonds is 0. The minimum Gasteiger partial charge on any atom is -0.290 e. The fourth-order valence-electron chi connectivity index (χ4n) is 6.42. The summed E-state index contributed by atoms with van der Waals surface area (Å²) in [6.45, 7) is 0. The summed E-state index contributed by atoms with van der Waals surface area (Å²) < 4.78 is 2.27. The molecule has 0 fully saturated rings. The lowest BCUT2D eigenvalue weighted by Gasteiger charge is -2.08. The van der Waals surface area contributed by atoms with Crippen LogP contribution >= 0.6 is 0 Å². The van der Waals surface area contributed by atoms with Crippen LogP contribution in [0.4, 0.5) is 0 Å². The van der Waals surface area contributed by atoms with Gasteiger partial charge in [-0.1, -0.05) is 24.3 Å². The van der Waals surface area contributed by atoms with E-state index in [0.29, 0.717) is 0 Å². The SMILES string of the molecule is c1ccc2c(c1)Cc1cc3c(cc1-2)Cc1cc2c(cc1-3)nc1c3cnccc3c3ccncc3n21. The first-order valence-electron chi connectivity index (χ1n) is 12.0. The Bertz CT molecular complexity index is 2070. The van der Waals surface area contributed by atoms with Crippen molar-refractivity contribution in [2.24, 2.45) is 0 Å². The molecule has 4 heteroatoms. The first-order valence-corrected chi connectivity index (χ1v) is 12.0. The summed E-state index contributed by atoms with van der Waals surface area (Å²) in [4.78, 5) is 14.0. The number of nitrogens with zero attached hydrogens (tertiary/aromatic N) is 4. The fraction of sp³-hybridized carbons (Fsp3) is 0.0645. The average molecular weight is 447 g/mol. The third-order valence-corrected chi connectivity index (χ3v) is 7.96. The molecule has 35 heavy (non-hydrogen) atoms. The van der Waals surface area contributed by atoms with Gasteiger partial charge in [-0.15, -0.1) is 0 Å². The molecule has 2 aliphatic rings. The van der Waals surface area contributed by atoms with E-state index in [2.05, 4.69) is 75.0 Å². The lowest BCUT2D eigenvalue weighted by molar-refractivity contribution is 1.23. The molecule has 162 valence electrons. The van der Waals surface area contributed by atoms with Crippen molar-refractivity contribution in [2.45, 2.75) is 12.8 Å². The van der Waals surface area contributed by atoms with E-state index in [1.807, 2.05) is 24.8 Å². The standard InChI is InChI=1S/C31H18N4/c1-2-4-21-17(3-1)9-18-12-25-19(11-24(18)21)10-20-13-29-28(14-26(20)25)34-31-27-15-32-7-5-22(27)23-6-8-33-16-30(23)35(29)31/h1-8,11-16H,9-10H2. The molecule has 0 radical (unpaired) electrons. The van der Waals surface area contributed by atoms with E-state index >= 15 is 0 Å². The minimum absolute atomic E-state index is 0.942. The van der Waals surface area contributed by atoms with Crippen LogP contribution in [0, 0.1) is 0 Å². The topological polar surface area (TPSA) is 43.1 Å². The molecule has 4 nitrogen and oxygen atoms in total. The first kappa shape index (κ1) is 17.8. The molecule has 3 aromatic carbocycles. The van der Waals surface area contributed by atoms with Gasteiger partial charge in [0.15, 0.2) is 0 Å². The van der Waals surface area contributed by atoms with Crippen LogP contribution in [0.1, 0.15) is 22.3 Å². The normalized spacial score (nSPS) is 13.5. The number of fused-ring (bicyclic) bond motifs is 14. The molecular weight excluding hydrogens is 428 g/mol.